The number of hydrogen-bond acceptors (Lipinski definition) is 3. The number of imidazole rings is 1. The van der Waals surface area contributed by atoms with Crippen LogP contribution in [0.1, 0.15) is 25.5 Å². The molecule has 0 atom stereocenters. The molecule has 0 spiro atoms. The molecule has 1 aromatic heterocycles. The van der Waals surface area contributed by atoms with Crippen molar-refractivity contribution in [3.8, 4) is 0 Å². The summed E-state index contributed by atoms with van der Waals surface area (Å²) in [5.74, 6) is -0.120. The lowest BCUT2D eigenvalue weighted by Crippen LogP contribution is -2.31. The summed E-state index contributed by atoms with van der Waals surface area (Å²) in [6.45, 7) is 4.92. The molecule has 0 saturated heterocycles. The number of nitrogens with zero attached hydrogens (tertiary/aromatic N) is 2. The maximum Gasteiger partial charge on any atom is 0.233 e. The second-order valence-corrected chi connectivity index (χ2v) is 4.87. The molecule has 2 rings (SSSR count). The van der Waals surface area contributed by atoms with Gasteiger partial charge in [0, 0.05) is 12.6 Å². The molecule has 0 radical (unpaired) electrons. The first kappa shape index (κ1) is 13.5. The molecular weight excluding hydrogens is 240 g/mol. The first-order valence-corrected chi connectivity index (χ1v) is 6.54. The summed E-state index contributed by atoms with van der Waals surface area (Å²) in [5.41, 5.74) is 8.54. The molecule has 5 heteroatoms. The third kappa shape index (κ3) is 3.12. The lowest BCUT2D eigenvalue weighted by molar-refractivity contribution is -0.119. The van der Waals surface area contributed by atoms with E-state index in [0.717, 1.165) is 17.5 Å². The Morgan fingerprint density at radius 2 is 2.26 bits per heavy atom. The largest absolute Gasteiger partial charge is 0.355 e. The Kier molecular flexibility index (Phi) is 4.16. The van der Waals surface area contributed by atoms with Crippen LogP contribution in [-0.4, -0.2) is 28.5 Å². The van der Waals surface area contributed by atoms with Crippen LogP contribution in [0.25, 0.3) is 11.0 Å². The van der Waals surface area contributed by atoms with Gasteiger partial charge in [0.1, 0.15) is 0 Å². The minimum atomic E-state index is -0.120. The molecule has 0 bridgehead atoms. The summed E-state index contributed by atoms with van der Waals surface area (Å²) in [4.78, 5) is 15.5. The van der Waals surface area contributed by atoms with Gasteiger partial charge in [0.2, 0.25) is 5.91 Å². The van der Waals surface area contributed by atoms with Gasteiger partial charge < -0.3 is 15.6 Å². The van der Waals surface area contributed by atoms with Crippen molar-refractivity contribution in [2.45, 2.75) is 26.3 Å². The molecule has 1 amide bonds. The van der Waals surface area contributed by atoms with Gasteiger partial charge in [0.05, 0.1) is 23.9 Å². The van der Waals surface area contributed by atoms with E-state index >= 15 is 0 Å². The third-order valence-electron chi connectivity index (χ3n) is 3.12. The van der Waals surface area contributed by atoms with Crippen molar-refractivity contribution in [3.63, 3.8) is 0 Å². The highest BCUT2D eigenvalue weighted by atomic mass is 16.1. The molecule has 1 heterocycles. The van der Waals surface area contributed by atoms with E-state index in [4.69, 9.17) is 5.73 Å². The van der Waals surface area contributed by atoms with Crippen LogP contribution in [-0.2, 0) is 11.2 Å². The molecule has 0 aliphatic heterocycles. The fourth-order valence-corrected chi connectivity index (χ4v) is 2.06. The van der Waals surface area contributed by atoms with Crippen molar-refractivity contribution >= 4 is 16.9 Å². The molecule has 19 heavy (non-hydrogen) atoms. The Morgan fingerprint density at radius 1 is 1.47 bits per heavy atom. The van der Waals surface area contributed by atoms with E-state index in [-0.39, 0.29) is 12.5 Å². The van der Waals surface area contributed by atoms with Gasteiger partial charge in [-0.05, 0) is 38.0 Å². The van der Waals surface area contributed by atoms with Gasteiger partial charge in [-0.25, -0.2) is 4.98 Å². The third-order valence-corrected chi connectivity index (χ3v) is 3.12. The number of rotatable bonds is 5. The molecule has 102 valence electrons. The Hall–Kier alpha value is -1.88. The normalized spacial score (nSPS) is 11.2. The number of nitrogens with two attached hydrogens (primary N) is 1. The van der Waals surface area contributed by atoms with Crippen LogP contribution in [0.3, 0.4) is 0 Å². The van der Waals surface area contributed by atoms with E-state index in [2.05, 4.69) is 46.9 Å². The predicted octanol–water partition coefficient (Wildman–Crippen LogP) is 1.23. The van der Waals surface area contributed by atoms with E-state index in [1.54, 1.807) is 0 Å². The highest BCUT2D eigenvalue weighted by Crippen LogP contribution is 2.18. The Bertz CT molecular complexity index is 574. The molecule has 3 N–H and O–H groups in total. The molecule has 1 aromatic carbocycles. The van der Waals surface area contributed by atoms with Crippen LogP contribution in [0.5, 0.6) is 0 Å². The van der Waals surface area contributed by atoms with Crippen LogP contribution in [0.2, 0.25) is 0 Å². The molecular formula is C14H20N4O. The lowest BCUT2D eigenvalue weighted by atomic mass is 10.1. The summed E-state index contributed by atoms with van der Waals surface area (Å²) >= 11 is 0. The second-order valence-electron chi connectivity index (χ2n) is 4.87. The van der Waals surface area contributed by atoms with Gasteiger partial charge in [0.25, 0.3) is 0 Å². The van der Waals surface area contributed by atoms with E-state index in [0.29, 0.717) is 12.6 Å². The minimum absolute atomic E-state index is 0.0395. The smallest absolute Gasteiger partial charge is 0.233 e. The van der Waals surface area contributed by atoms with Crippen molar-refractivity contribution in [2.75, 3.05) is 13.1 Å². The van der Waals surface area contributed by atoms with Crippen molar-refractivity contribution in [1.29, 1.82) is 0 Å². The number of nitrogens with one attached hydrogen (secondary N) is 1. The molecule has 0 aliphatic carbocycles. The van der Waals surface area contributed by atoms with Crippen molar-refractivity contribution in [3.05, 3.63) is 30.1 Å². The SMILES string of the molecule is CC(C)n1cnc2cc(CCNC(=O)CN)ccc21. The summed E-state index contributed by atoms with van der Waals surface area (Å²) in [6, 6.07) is 6.64. The van der Waals surface area contributed by atoms with Crippen LogP contribution >= 0.6 is 0 Å². The molecule has 0 aliphatic rings. The van der Waals surface area contributed by atoms with Crippen LogP contribution in [0.15, 0.2) is 24.5 Å². The van der Waals surface area contributed by atoms with E-state index in [9.17, 15) is 4.79 Å². The summed E-state index contributed by atoms with van der Waals surface area (Å²) in [6.07, 6.45) is 2.66. The number of carbonyl (C=O) groups is 1. The molecule has 5 nitrogen and oxygen atoms in total. The van der Waals surface area contributed by atoms with E-state index in [1.165, 1.54) is 5.56 Å². The first-order chi connectivity index (χ1) is 9.11. The number of fused-ring (bicyclic) bond motifs is 1. The van der Waals surface area contributed by atoms with Crippen LogP contribution in [0.4, 0.5) is 0 Å². The topological polar surface area (TPSA) is 72.9 Å². The average molecular weight is 260 g/mol. The number of hydrogen-bond donors (Lipinski definition) is 2. The molecule has 0 fully saturated rings. The molecule has 2 aromatic rings. The van der Waals surface area contributed by atoms with E-state index in [1.807, 2.05) is 6.33 Å². The van der Waals surface area contributed by atoms with Gasteiger partial charge in [-0.3, -0.25) is 4.79 Å². The molecule has 0 unspecified atom stereocenters. The van der Waals surface area contributed by atoms with Crippen molar-refractivity contribution in [1.82, 2.24) is 14.9 Å². The second kappa shape index (κ2) is 5.84. The Morgan fingerprint density at radius 3 is 2.95 bits per heavy atom. The maximum atomic E-state index is 11.0. The lowest BCUT2D eigenvalue weighted by Gasteiger charge is -2.08. The van der Waals surface area contributed by atoms with E-state index < -0.39 is 0 Å². The number of aromatic nitrogens is 2. The Balaban J connectivity index is 2.08. The first-order valence-electron chi connectivity index (χ1n) is 6.54. The summed E-state index contributed by atoms with van der Waals surface area (Å²) < 4.78 is 2.15. The quantitative estimate of drug-likeness (QED) is 0.849. The monoisotopic (exact) mass is 260 g/mol. The average Bonchev–Trinajstić information content (AvgIpc) is 2.81. The van der Waals surface area contributed by atoms with Gasteiger partial charge in [0.15, 0.2) is 0 Å². The number of benzene rings is 1. The van der Waals surface area contributed by atoms with Gasteiger partial charge >= 0.3 is 0 Å². The number of amides is 1. The summed E-state index contributed by atoms with van der Waals surface area (Å²) in [5, 5.41) is 2.76. The maximum absolute atomic E-state index is 11.0. The van der Waals surface area contributed by atoms with Crippen LogP contribution in [0, 0.1) is 0 Å². The zero-order valence-corrected chi connectivity index (χ0v) is 11.4. The highest BCUT2D eigenvalue weighted by molar-refractivity contribution is 5.78. The Labute approximate surface area is 112 Å². The van der Waals surface area contributed by atoms with Crippen molar-refractivity contribution < 1.29 is 4.79 Å². The highest BCUT2D eigenvalue weighted by Gasteiger charge is 2.06. The fourth-order valence-electron chi connectivity index (χ4n) is 2.06. The van der Waals surface area contributed by atoms with Gasteiger partial charge in [-0.15, -0.1) is 0 Å². The standard InChI is InChI=1S/C14H20N4O/c1-10(2)18-9-17-12-7-11(3-4-13(12)18)5-6-16-14(19)8-15/h3-4,7,9-10H,5-6,8,15H2,1-2H3,(H,16,19). The predicted molar refractivity (Wildman–Crippen MR) is 75.9 cm³/mol. The minimum Gasteiger partial charge on any atom is -0.355 e. The molecule has 0 saturated carbocycles. The van der Waals surface area contributed by atoms with Crippen molar-refractivity contribution in [2.24, 2.45) is 5.73 Å². The van der Waals surface area contributed by atoms with Gasteiger partial charge in [-0.2, -0.15) is 0 Å². The van der Waals surface area contributed by atoms with Crippen LogP contribution < -0.4 is 11.1 Å². The zero-order valence-electron chi connectivity index (χ0n) is 11.4. The summed E-state index contributed by atoms with van der Waals surface area (Å²) in [7, 11) is 0. The van der Waals surface area contributed by atoms with Gasteiger partial charge in [-0.1, -0.05) is 6.07 Å². The fraction of sp³-hybridized carbons (Fsp3) is 0.429. The number of carbonyl (C=O) groups excluding carboxylic acids is 1. The zero-order chi connectivity index (χ0) is 13.8.